The molecule has 2 rings (SSSR count). The molecule has 1 unspecified atom stereocenters. The van der Waals surface area contributed by atoms with Crippen molar-refractivity contribution in [1.82, 2.24) is 4.90 Å². The van der Waals surface area contributed by atoms with E-state index in [2.05, 4.69) is 6.92 Å². The number of carbonyl (C=O) groups is 1. The molecule has 0 spiro atoms. The Morgan fingerprint density at radius 1 is 1.33 bits per heavy atom. The van der Waals surface area contributed by atoms with Crippen molar-refractivity contribution >= 4 is 6.09 Å². The van der Waals surface area contributed by atoms with E-state index in [0.717, 1.165) is 31.2 Å². The van der Waals surface area contributed by atoms with Gasteiger partial charge in [-0.05, 0) is 30.9 Å². The Labute approximate surface area is 126 Å². The van der Waals surface area contributed by atoms with Crippen LogP contribution >= 0.6 is 0 Å². The topological polar surface area (TPSA) is 38.8 Å². The van der Waals surface area contributed by atoms with Crippen LogP contribution < -0.4 is 0 Å². The van der Waals surface area contributed by atoms with Crippen LogP contribution in [-0.2, 0) is 16.1 Å². The van der Waals surface area contributed by atoms with E-state index >= 15 is 0 Å². The van der Waals surface area contributed by atoms with E-state index in [-0.39, 0.29) is 18.7 Å². The SMILES string of the molecule is CCCC1CCC=C(OC)N1C(=O)OCc1ccccc1. The summed E-state index contributed by atoms with van der Waals surface area (Å²) in [4.78, 5) is 14.1. The summed E-state index contributed by atoms with van der Waals surface area (Å²) in [5, 5.41) is 0. The Morgan fingerprint density at radius 2 is 2.10 bits per heavy atom. The van der Waals surface area contributed by atoms with E-state index in [9.17, 15) is 4.79 Å². The Morgan fingerprint density at radius 3 is 2.76 bits per heavy atom. The van der Waals surface area contributed by atoms with Gasteiger partial charge in [-0.25, -0.2) is 9.69 Å². The van der Waals surface area contributed by atoms with Gasteiger partial charge in [0.15, 0.2) is 5.88 Å². The maximum atomic E-state index is 12.4. The van der Waals surface area contributed by atoms with Gasteiger partial charge >= 0.3 is 6.09 Å². The molecule has 114 valence electrons. The van der Waals surface area contributed by atoms with Gasteiger partial charge in [-0.2, -0.15) is 0 Å². The molecule has 0 bridgehead atoms. The molecular weight excluding hydrogens is 266 g/mol. The first-order valence-corrected chi connectivity index (χ1v) is 7.50. The summed E-state index contributed by atoms with van der Waals surface area (Å²) in [5.41, 5.74) is 0.984. The molecule has 1 aromatic carbocycles. The highest BCUT2D eigenvalue weighted by molar-refractivity contribution is 5.70. The summed E-state index contributed by atoms with van der Waals surface area (Å²) in [6.07, 6.45) is 5.52. The molecule has 1 aliphatic heterocycles. The van der Waals surface area contributed by atoms with Gasteiger partial charge in [0.25, 0.3) is 0 Å². The van der Waals surface area contributed by atoms with E-state index in [4.69, 9.17) is 9.47 Å². The van der Waals surface area contributed by atoms with E-state index in [1.54, 1.807) is 12.0 Å². The van der Waals surface area contributed by atoms with Crippen LogP contribution in [0.2, 0.25) is 0 Å². The van der Waals surface area contributed by atoms with Crippen molar-refractivity contribution in [3.8, 4) is 0 Å². The maximum Gasteiger partial charge on any atom is 0.417 e. The van der Waals surface area contributed by atoms with E-state index in [0.29, 0.717) is 5.88 Å². The number of methoxy groups -OCH3 is 1. The van der Waals surface area contributed by atoms with Crippen molar-refractivity contribution in [2.75, 3.05) is 7.11 Å². The second-order valence-electron chi connectivity index (χ2n) is 5.18. The van der Waals surface area contributed by atoms with Gasteiger partial charge in [-0.1, -0.05) is 43.7 Å². The van der Waals surface area contributed by atoms with Gasteiger partial charge in [0.2, 0.25) is 0 Å². The van der Waals surface area contributed by atoms with Crippen LogP contribution in [0.3, 0.4) is 0 Å². The molecule has 4 nitrogen and oxygen atoms in total. The quantitative estimate of drug-likeness (QED) is 0.820. The van der Waals surface area contributed by atoms with Crippen molar-refractivity contribution in [1.29, 1.82) is 0 Å². The average molecular weight is 289 g/mol. The summed E-state index contributed by atoms with van der Waals surface area (Å²) >= 11 is 0. The Kier molecular flexibility index (Phi) is 5.67. The predicted octanol–water partition coefficient (Wildman–Crippen LogP) is 4.08. The Balaban J connectivity index is 2.02. The molecule has 1 atom stereocenters. The number of ether oxygens (including phenoxy) is 2. The number of carbonyl (C=O) groups excluding carboxylic acids is 1. The Bertz CT molecular complexity index is 484. The van der Waals surface area contributed by atoms with Crippen molar-refractivity contribution < 1.29 is 14.3 Å². The minimum atomic E-state index is -0.329. The molecule has 0 saturated heterocycles. The minimum Gasteiger partial charge on any atom is -0.482 e. The van der Waals surface area contributed by atoms with Gasteiger partial charge in [-0.15, -0.1) is 0 Å². The number of benzene rings is 1. The van der Waals surface area contributed by atoms with Crippen LogP contribution in [0.25, 0.3) is 0 Å². The van der Waals surface area contributed by atoms with Gasteiger partial charge in [0.05, 0.1) is 7.11 Å². The van der Waals surface area contributed by atoms with Crippen LogP contribution in [-0.4, -0.2) is 24.1 Å². The fraction of sp³-hybridized carbons (Fsp3) is 0.471. The van der Waals surface area contributed by atoms with Crippen LogP contribution in [0, 0.1) is 0 Å². The van der Waals surface area contributed by atoms with E-state index in [1.807, 2.05) is 36.4 Å². The summed E-state index contributed by atoms with van der Waals surface area (Å²) in [6.45, 7) is 2.41. The average Bonchev–Trinajstić information content (AvgIpc) is 2.53. The first-order valence-electron chi connectivity index (χ1n) is 7.50. The second kappa shape index (κ2) is 7.72. The molecule has 0 saturated carbocycles. The van der Waals surface area contributed by atoms with E-state index in [1.165, 1.54) is 0 Å². The Hall–Kier alpha value is -1.97. The third-order valence-electron chi connectivity index (χ3n) is 3.65. The lowest BCUT2D eigenvalue weighted by atomic mass is 10.0. The number of hydrogen-bond acceptors (Lipinski definition) is 3. The zero-order valence-electron chi connectivity index (χ0n) is 12.7. The lowest BCUT2D eigenvalue weighted by Gasteiger charge is -2.34. The van der Waals surface area contributed by atoms with Crippen LogP contribution in [0.1, 0.15) is 38.2 Å². The lowest BCUT2D eigenvalue weighted by molar-refractivity contribution is 0.0531. The third kappa shape index (κ3) is 4.00. The number of amides is 1. The molecule has 21 heavy (non-hydrogen) atoms. The normalized spacial score (nSPS) is 18.1. The molecule has 1 heterocycles. The van der Waals surface area contributed by atoms with E-state index < -0.39 is 0 Å². The smallest absolute Gasteiger partial charge is 0.417 e. The molecule has 1 aromatic rings. The molecule has 0 radical (unpaired) electrons. The summed E-state index contributed by atoms with van der Waals surface area (Å²) in [5.74, 6) is 0.609. The standard InChI is InChI=1S/C17H23NO3/c1-3-8-15-11-7-12-16(20-2)18(15)17(19)21-13-14-9-5-4-6-10-14/h4-6,9-10,12,15H,3,7-8,11,13H2,1-2H3. The molecule has 4 heteroatoms. The molecule has 0 N–H and O–H groups in total. The van der Waals surface area contributed by atoms with Crippen LogP contribution in [0.4, 0.5) is 4.79 Å². The van der Waals surface area contributed by atoms with Crippen LogP contribution in [0.5, 0.6) is 0 Å². The zero-order valence-corrected chi connectivity index (χ0v) is 12.7. The predicted molar refractivity (Wildman–Crippen MR) is 81.5 cm³/mol. The summed E-state index contributed by atoms with van der Waals surface area (Å²) in [6, 6.07) is 9.87. The van der Waals surface area contributed by atoms with Gasteiger partial charge < -0.3 is 9.47 Å². The molecule has 1 aliphatic rings. The van der Waals surface area contributed by atoms with Gasteiger partial charge in [0.1, 0.15) is 6.61 Å². The first-order chi connectivity index (χ1) is 10.3. The number of rotatable bonds is 5. The fourth-order valence-electron chi connectivity index (χ4n) is 2.62. The molecule has 1 amide bonds. The fourth-order valence-corrected chi connectivity index (χ4v) is 2.62. The third-order valence-corrected chi connectivity index (χ3v) is 3.65. The van der Waals surface area contributed by atoms with Crippen molar-refractivity contribution in [2.24, 2.45) is 0 Å². The highest BCUT2D eigenvalue weighted by atomic mass is 16.6. The summed E-state index contributed by atoms with van der Waals surface area (Å²) < 4.78 is 10.8. The molecular formula is C17H23NO3. The minimum absolute atomic E-state index is 0.165. The second-order valence-corrected chi connectivity index (χ2v) is 5.18. The number of hydrogen-bond donors (Lipinski definition) is 0. The number of allylic oxidation sites excluding steroid dienone is 1. The zero-order chi connectivity index (χ0) is 15.1. The van der Waals surface area contributed by atoms with Crippen molar-refractivity contribution in [3.63, 3.8) is 0 Å². The van der Waals surface area contributed by atoms with Crippen molar-refractivity contribution in [3.05, 3.63) is 47.9 Å². The molecule has 0 fully saturated rings. The first kappa shape index (κ1) is 15.4. The van der Waals surface area contributed by atoms with Crippen LogP contribution in [0.15, 0.2) is 42.3 Å². The highest BCUT2D eigenvalue weighted by Gasteiger charge is 2.31. The largest absolute Gasteiger partial charge is 0.482 e. The number of nitrogens with zero attached hydrogens (tertiary/aromatic N) is 1. The molecule has 0 aliphatic carbocycles. The highest BCUT2D eigenvalue weighted by Crippen LogP contribution is 2.26. The van der Waals surface area contributed by atoms with Gasteiger partial charge in [-0.3, -0.25) is 0 Å². The molecule has 0 aromatic heterocycles. The van der Waals surface area contributed by atoms with Gasteiger partial charge in [0, 0.05) is 6.04 Å². The monoisotopic (exact) mass is 289 g/mol. The lowest BCUT2D eigenvalue weighted by Crippen LogP contribution is -2.42. The van der Waals surface area contributed by atoms with Crippen molar-refractivity contribution in [2.45, 2.75) is 45.3 Å². The maximum absolute atomic E-state index is 12.4. The summed E-state index contributed by atoms with van der Waals surface area (Å²) in [7, 11) is 1.59.